The van der Waals surface area contributed by atoms with Crippen LogP contribution in [0.15, 0.2) is 72.8 Å². The molecule has 0 saturated carbocycles. The van der Waals surface area contributed by atoms with E-state index in [1.165, 1.54) is 14.2 Å². The van der Waals surface area contributed by atoms with E-state index in [0.717, 1.165) is 11.3 Å². The summed E-state index contributed by atoms with van der Waals surface area (Å²) in [7, 11) is 3.04. The molecule has 0 aliphatic rings. The Morgan fingerprint density at radius 2 is 1.44 bits per heavy atom. The first kappa shape index (κ1) is 18.3. The molecule has 0 aliphatic heterocycles. The van der Waals surface area contributed by atoms with E-state index in [-0.39, 0.29) is 5.91 Å². The minimum absolute atomic E-state index is 0.303. The van der Waals surface area contributed by atoms with Crippen LogP contribution in [0.25, 0.3) is 0 Å². The van der Waals surface area contributed by atoms with E-state index in [4.69, 9.17) is 14.2 Å². The van der Waals surface area contributed by atoms with Gasteiger partial charge in [0.05, 0.1) is 14.2 Å². The third kappa shape index (κ3) is 4.58. The Hall–Kier alpha value is -3.47. The summed E-state index contributed by atoms with van der Waals surface area (Å²) in [6.07, 6.45) is 0. The van der Waals surface area contributed by atoms with E-state index in [2.05, 4.69) is 5.32 Å². The van der Waals surface area contributed by atoms with Gasteiger partial charge in [0.25, 0.3) is 5.91 Å². The van der Waals surface area contributed by atoms with Crippen LogP contribution < -0.4 is 19.5 Å². The molecule has 0 saturated heterocycles. The minimum atomic E-state index is -0.303. The highest BCUT2D eigenvalue weighted by Gasteiger charge is 2.18. The molecule has 0 aromatic heterocycles. The van der Waals surface area contributed by atoms with Gasteiger partial charge >= 0.3 is 0 Å². The molecule has 5 nitrogen and oxygen atoms in total. The molecule has 0 atom stereocenters. The van der Waals surface area contributed by atoms with Crippen LogP contribution in [0.1, 0.15) is 15.9 Å². The summed E-state index contributed by atoms with van der Waals surface area (Å²) in [5, 5.41) is 2.85. The maximum absolute atomic E-state index is 12.7. The Morgan fingerprint density at radius 1 is 0.815 bits per heavy atom. The van der Waals surface area contributed by atoms with Gasteiger partial charge in [0.2, 0.25) is 0 Å². The molecule has 0 heterocycles. The Balaban J connectivity index is 1.67. The molecule has 1 amide bonds. The van der Waals surface area contributed by atoms with Crippen LogP contribution in [0, 0.1) is 0 Å². The van der Waals surface area contributed by atoms with E-state index >= 15 is 0 Å². The average Bonchev–Trinajstić information content (AvgIpc) is 2.73. The van der Waals surface area contributed by atoms with Gasteiger partial charge in [-0.1, -0.05) is 36.4 Å². The van der Waals surface area contributed by atoms with Gasteiger partial charge in [-0.25, -0.2) is 0 Å². The molecule has 5 heteroatoms. The lowest BCUT2D eigenvalue weighted by atomic mass is 10.1. The fourth-order valence-corrected chi connectivity index (χ4v) is 2.64. The lowest BCUT2D eigenvalue weighted by molar-refractivity contribution is 0.102. The average molecular weight is 363 g/mol. The zero-order valence-corrected chi connectivity index (χ0v) is 15.3. The first-order valence-corrected chi connectivity index (χ1v) is 8.50. The molecule has 0 radical (unpaired) electrons. The summed E-state index contributed by atoms with van der Waals surface area (Å²) < 4.78 is 16.3. The quantitative estimate of drug-likeness (QED) is 0.670. The zero-order valence-electron chi connectivity index (χ0n) is 15.3. The van der Waals surface area contributed by atoms with Gasteiger partial charge in [0, 0.05) is 5.69 Å². The highest BCUT2D eigenvalue weighted by molar-refractivity contribution is 6.08. The maximum Gasteiger partial charge on any atom is 0.263 e. The normalized spacial score (nSPS) is 10.1. The van der Waals surface area contributed by atoms with E-state index in [1.54, 1.807) is 30.3 Å². The summed E-state index contributed by atoms with van der Waals surface area (Å²) >= 11 is 0. The number of carbonyl (C=O) groups is 1. The topological polar surface area (TPSA) is 56.8 Å². The minimum Gasteiger partial charge on any atom is -0.496 e. The largest absolute Gasteiger partial charge is 0.496 e. The monoisotopic (exact) mass is 363 g/mol. The van der Waals surface area contributed by atoms with Crippen molar-refractivity contribution in [3.05, 3.63) is 83.9 Å². The SMILES string of the molecule is COc1cccc(OC)c1C(=O)Nc1ccc(OCc2ccccc2)cc1. The molecule has 3 aromatic carbocycles. The summed E-state index contributed by atoms with van der Waals surface area (Å²) in [5.41, 5.74) is 2.10. The summed E-state index contributed by atoms with van der Waals surface area (Å²) in [5.74, 6) is 1.33. The predicted octanol–water partition coefficient (Wildman–Crippen LogP) is 4.54. The molecule has 27 heavy (non-hydrogen) atoms. The van der Waals surface area contributed by atoms with Gasteiger partial charge in [-0.2, -0.15) is 0 Å². The summed E-state index contributed by atoms with van der Waals surface area (Å²) in [6.45, 7) is 0.491. The van der Waals surface area contributed by atoms with Crippen molar-refractivity contribution < 1.29 is 19.0 Å². The third-order valence-corrected chi connectivity index (χ3v) is 4.02. The van der Waals surface area contributed by atoms with Gasteiger partial charge < -0.3 is 19.5 Å². The summed E-state index contributed by atoms with van der Waals surface area (Å²) in [4.78, 5) is 12.7. The number of rotatable bonds is 7. The van der Waals surface area contributed by atoms with Crippen LogP contribution in [-0.2, 0) is 6.61 Å². The van der Waals surface area contributed by atoms with Crippen molar-refractivity contribution in [3.8, 4) is 17.2 Å². The van der Waals surface area contributed by atoms with Crippen molar-refractivity contribution in [2.45, 2.75) is 6.61 Å². The number of hydrogen-bond acceptors (Lipinski definition) is 4. The maximum atomic E-state index is 12.7. The molecule has 3 aromatic rings. The second kappa shape index (κ2) is 8.76. The molecule has 0 fully saturated rings. The van der Waals surface area contributed by atoms with Gasteiger partial charge in [0.1, 0.15) is 29.4 Å². The Kier molecular flexibility index (Phi) is 5.94. The van der Waals surface area contributed by atoms with Crippen molar-refractivity contribution in [2.24, 2.45) is 0 Å². The van der Waals surface area contributed by atoms with Crippen LogP contribution in [0.2, 0.25) is 0 Å². The van der Waals surface area contributed by atoms with Crippen LogP contribution in [0.3, 0.4) is 0 Å². The van der Waals surface area contributed by atoms with Gasteiger partial charge in [0.15, 0.2) is 0 Å². The van der Waals surface area contributed by atoms with Gasteiger partial charge in [-0.3, -0.25) is 4.79 Å². The van der Waals surface area contributed by atoms with Crippen molar-refractivity contribution in [1.29, 1.82) is 0 Å². The predicted molar refractivity (Wildman–Crippen MR) is 105 cm³/mol. The Labute approximate surface area is 158 Å². The zero-order chi connectivity index (χ0) is 19.1. The number of benzene rings is 3. The van der Waals surface area contributed by atoms with E-state index in [1.807, 2.05) is 42.5 Å². The fourth-order valence-electron chi connectivity index (χ4n) is 2.64. The second-order valence-corrected chi connectivity index (χ2v) is 5.79. The number of hydrogen-bond donors (Lipinski definition) is 1. The van der Waals surface area contributed by atoms with Crippen molar-refractivity contribution in [2.75, 3.05) is 19.5 Å². The molecule has 0 spiro atoms. The molecule has 0 unspecified atom stereocenters. The number of methoxy groups -OCH3 is 2. The first-order valence-electron chi connectivity index (χ1n) is 8.50. The second-order valence-electron chi connectivity index (χ2n) is 5.79. The van der Waals surface area contributed by atoms with Crippen molar-refractivity contribution in [3.63, 3.8) is 0 Å². The third-order valence-electron chi connectivity index (χ3n) is 4.02. The Bertz CT molecular complexity index is 870. The van der Waals surface area contributed by atoms with Crippen LogP contribution in [0.5, 0.6) is 17.2 Å². The van der Waals surface area contributed by atoms with Gasteiger partial charge in [-0.05, 0) is 42.0 Å². The van der Waals surface area contributed by atoms with Crippen LogP contribution in [-0.4, -0.2) is 20.1 Å². The number of ether oxygens (including phenoxy) is 3. The molecule has 1 N–H and O–H groups in total. The molecule has 138 valence electrons. The molecular weight excluding hydrogens is 342 g/mol. The smallest absolute Gasteiger partial charge is 0.263 e. The number of amides is 1. The molecular formula is C22H21NO4. The number of anilines is 1. The van der Waals surface area contributed by atoms with Crippen molar-refractivity contribution in [1.82, 2.24) is 0 Å². The van der Waals surface area contributed by atoms with Crippen LogP contribution in [0.4, 0.5) is 5.69 Å². The van der Waals surface area contributed by atoms with Crippen molar-refractivity contribution >= 4 is 11.6 Å². The lowest BCUT2D eigenvalue weighted by Gasteiger charge is -2.13. The first-order chi connectivity index (χ1) is 13.2. The molecule has 0 aliphatic carbocycles. The summed E-state index contributed by atoms with van der Waals surface area (Å²) in [6, 6.07) is 22.4. The van der Waals surface area contributed by atoms with Gasteiger partial charge in [-0.15, -0.1) is 0 Å². The highest BCUT2D eigenvalue weighted by atomic mass is 16.5. The van der Waals surface area contributed by atoms with E-state index in [0.29, 0.717) is 29.4 Å². The van der Waals surface area contributed by atoms with Crippen LogP contribution >= 0.6 is 0 Å². The fraction of sp³-hybridized carbons (Fsp3) is 0.136. The molecule has 3 rings (SSSR count). The number of nitrogens with one attached hydrogen (secondary N) is 1. The lowest BCUT2D eigenvalue weighted by Crippen LogP contribution is -2.14. The Morgan fingerprint density at radius 3 is 2.04 bits per heavy atom. The van der Waals surface area contributed by atoms with E-state index in [9.17, 15) is 4.79 Å². The number of carbonyl (C=O) groups excluding carboxylic acids is 1. The highest BCUT2D eigenvalue weighted by Crippen LogP contribution is 2.29. The standard InChI is InChI=1S/C22H21NO4/c1-25-19-9-6-10-20(26-2)21(19)22(24)23-17-11-13-18(14-12-17)27-15-16-7-4-3-5-8-16/h3-14H,15H2,1-2H3,(H,23,24). The molecule has 0 bridgehead atoms. The van der Waals surface area contributed by atoms with E-state index < -0.39 is 0 Å².